The molecule has 5 heteroatoms. The minimum atomic E-state index is -0.360. The van der Waals surface area contributed by atoms with Gasteiger partial charge in [-0.1, -0.05) is 12.1 Å². The molecule has 3 heterocycles. The molecule has 0 amide bonds. The predicted molar refractivity (Wildman–Crippen MR) is 87.2 cm³/mol. The summed E-state index contributed by atoms with van der Waals surface area (Å²) in [5.74, 6) is 0. The Morgan fingerprint density at radius 2 is 1.64 bits per heavy atom. The van der Waals surface area contributed by atoms with E-state index in [1.807, 2.05) is 18.2 Å². The molecule has 0 unspecified atom stereocenters. The summed E-state index contributed by atoms with van der Waals surface area (Å²) in [6, 6.07) is 8.02. The van der Waals surface area contributed by atoms with Gasteiger partial charge in [0.1, 0.15) is 5.58 Å². The molecule has 1 fully saturated rings. The van der Waals surface area contributed by atoms with Crippen molar-refractivity contribution in [3.8, 4) is 0 Å². The summed E-state index contributed by atoms with van der Waals surface area (Å²) < 4.78 is 18.1. The van der Waals surface area contributed by atoms with Crippen molar-refractivity contribution in [1.29, 1.82) is 0 Å². The Hall–Kier alpha value is -1.85. The van der Waals surface area contributed by atoms with Gasteiger partial charge in [0, 0.05) is 17.0 Å². The van der Waals surface area contributed by atoms with E-state index in [0.29, 0.717) is 0 Å². The molecule has 0 N–H and O–H groups in total. The average Bonchev–Trinajstić information content (AvgIpc) is 2.93. The smallest absolute Gasteiger partial charge is 0.454 e. The Morgan fingerprint density at radius 3 is 2.36 bits per heavy atom. The molecule has 1 saturated heterocycles. The van der Waals surface area contributed by atoms with Crippen LogP contribution >= 0.6 is 0 Å². The second kappa shape index (κ2) is 4.34. The first-order chi connectivity index (χ1) is 10.4. The normalized spacial score (nSPS) is 20.1. The molecule has 112 valence electrons. The topological polar surface area (TPSA) is 44.5 Å². The molecule has 1 aromatic carbocycles. The van der Waals surface area contributed by atoms with Gasteiger partial charge in [0.2, 0.25) is 0 Å². The van der Waals surface area contributed by atoms with Crippen molar-refractivity contribution in [3.63, 3.8) is 0 Å². The molecule has 0 saturated carbocycles. The van der Waals surface area contributed by atoms with Crippen LogP contribution in [0, 0.1) is 0 Å². The van der Waals surface area contributed by atoms with Crippen LogP contribution in [0.25, 0.3) is 21.9 Å². The standard InChI is InChI=1S/C17H18BNO3/c1-16(2)17(3,4)22-18(21-16)11-5-6-14-13(9-11)12-7-8-19-10-15(12)20-14/h5-10H,1-4H3. The fourth-order valence-electron chi connectivity index (χ4n) is 2.78. The molecule has 4 rings (SSSR count). The number of fused-ring (bicyclic) bond motifs is 3. The van der Waals surface area contributed by atoms with E-state index in [-0.39, 0.29) is 18.3 Å². The quantitative estimate of drug-likeness (QED) is 0.646. The molecular formula is C17H18BNO3. The zero-order chi connectivity index (χ0) is 15.5. The summed E-state index contributed by atoms with van der Waals surface area (Å²) in [5.41, 5.74) is 1.97. The van der Waals surface area contributed by atoms with Crippen LogP contribution in [0.1, 0.15) is 27.7 Å². The fourth-order valence-corrected chi connectivity index (χ4v) is 2.78. The maximum Gasteiger partial charge on any atom is 0.494 e. The van der Waals surface area contributed by atoms with Crippen molar-refractivity contribution in [2.45, 2.75) is 38.9 Å². The molecule has 0 spiro atoms. The van der Waals surface area contributed by atoms with E-state index in [4.69, 9.17) is 13.7 Å². The van der Waals surface area contributed by atoms with Crippen molar-refractivity contribution >= 4 is 34.5 Å². The van der Waals surface area contributed by atoms with Crippen molar-refractivity contribution in [3.05, 3.63) is 36.7 Å². The van der Waals surface area contributed by atoms with Gasteiger partial charge in [0.15, 0.2) is 5.58 Å². The number of hydrogen-bond donors (Lipinski definition) is 0. The van der Waals surface area contributed by atoms with E-state index < -0.39 is 0 Å². The second-order valence-electron chi connectivity index (χ2n) is 6.82. The van der Waals surface area contributed by atoms with Gasteiger partial charge < -0.3 is 13.7 Å². The highest BCUT2D eigenvalue weighted by molar-refractivity contribution is 6.62. The highest BCUT2D eigenvalue weighted by Crippen LogP contribution is 2.37. The molecule has 0 bridgehead atoms. The first-order valence-electron chi connectivity index (χ1n) is 7.49. The number of hydrogen-bond acceptors (Lipinski definition) is 4. The van der Waals surface area contributed by atoms with E-state index in [1.165, 1.54) is 0 Å². The third kappa shape index (κ3) is 1.89. The molecule has 0 radical (unpaired) electrons. The molecule has 1 aliphatic heterocycles. The number of benzene rings is 1. The molecule has 0 atom stereocenters. The van der Waals surface area contributed by atoms with Crippen molar-refractivity contribution in [1.82, 2.24) is 4.98 Å². The van der Waals surface area contributed by atoms with Crippen LogP contribution in [0.15, 0.2) is 41.1 Å². The van der Waals surface area contributed by atoms with Gasteiger partial charge in [-0.25, -0.2) is 0 Å². The Kier molecular flexibility index (Phi) is 2.72. The summed E-state index contributed by atoms with van der Waals surface area (Å²) in [6.45, 7) is 8.24. The number of aromatic nitrogens is 1. The van der Waals surface area contributed by atoms with Crippen LogP contribution in [0.4, 0.5) is 0 Å². The lowest BCUT2D eigenvalue weighted by molar-refractivity contribution is 0.00578. The summed E-state index contributed by atoms with van der Waals surface area (Å²) in [5, 5.41) is 2.12. The molecular weight excluding hydrogens is 277 g/mol. The van der Waals surface area contributed by atoms with Gasteiger partial charge >= 0.3 is 7.12 Å². The second-order valence-corrected chi connectivity index (χ2v) is 6.82. The largest absolute Gasteiger partial charge is 0.494 e. The first kappa shape index (κ1) is 13.8. The third-order valence-corrected chi connectivity index (χ3v) is 4.82. The Labute approximate surface area is 129 Å². The molecule has 3 aromatic rings. The Bertz CT molecular complexity index is 853. The van der Waals surface area contributed by atoms with Crippen LogP contribution in [0.5, 0.6) is 0 Å². The van der Waals surface area contributed by atoms with Gasteiger partial charge in [-0.2, -0.15) is 0 Å². The molecule has 2 aromatic heterocycles. The van der Waals surface area contributed by atoms with Gasteiger partial charge in [-0.3, -0.25) is 4.98 Å². The van der Waals surface area contributed by atoms with Crippen molar-refractivity contribution in [2.75, 3.05) is 0 Å². The van der Waals surface area contributed by atoms with E-state index in [2.05, 4.69) is 38.7 Å². The lowest BCUT2D eigenvalue weighted by atomic mass is 9.78. The third-order valence-electron chi connectivity index (χ3n) is 4.82. The van der Waals surface area contributed by atoms with Crippen molar-refractivity contribution < 1.29 is 13.7 Å². The van der Waals surface area contributed by atoms with Crippen LogP contribution < -0.4 is 5.46 Å². The van der Waals surface area contributed by atoms with E-state index in [0.717, 1.165) is 27.4 Å². The van der Waals surface area contributed by atoms with Gasteiger partial charge in [-0.05, 0) is 45.3 Å². The van der Waals surface area contributed by atoms with Crippen LogP contribution in [-0.4, -0.2) is 23.3 Å². The zero-order valence-corrected chi connectivity index (χ0v) is 13.2. The van der Waals surface area contributed by atoms with Gasteiger partial charge in [0.05, 0.1) is 17.4 Å². The lowest BCUT2D eigenvalue weighted by Crippen LogP contribution is -2.41. The first-order valence-corrected chi connectivity index (χ1v) is 7.49. The summed E-state index contributed by atoms with van der Waals surface area (Å²) in [6.07, 6.45) is 3.52. The molecule has 22 heavy (non-hydrogen) atoms. The average molecular weight is 295 g/mol. The fraction of sp³-hybridized carbons (Fsp3) is 0.353. The molecule has 0 aliphatic carbocycles. The van der Waals surface area contributed by atoms with Gasteiger partial charge in [-0.15, -0.1) is 0 Å². The number of nitrogens with zero attached hydrogens (tertiary/aromatic N) is 1. The summed E-state index contributed by atoms with van der Waals surface area (Å²) in [7, 11) is -0.360. The van der Waals surface area contributed by atoms with E-state index >= 15 is 0 Å². The summed E-state index contributed by atoms with van der Waals surface area (Å²) >= 11 is 0. The predicted octanol–water partition coefficient (Wildman–Crippen LogP) is 3.28. The van der Waals surface area contributed by atoms with Crippen LogP contribution in [0.2, 0.25) is 0 Å². The number of rotatable bonds is 1. The highest BCUT2D eigenvalue weighted by atomic mass is 16.7. The summed E-state index contributed by atoms with van der Waals surface area (Å²) in [4.78, 5) is 4.10. The minimum Gasteiger partial charge on any atom is -0.454 e. The molecule has 4 nitrogen and oxygen atoms in total. The van der Waals surface area contributed by atoms with Crippen molar-refractivity contribution in [2.24, 2.45) is 0 Å². The monoisotopic (exact) mass is 295 g/mol. The number of pyridine rings is 1. The lowest BCUT2D eigenvalue weighted by Gasteiger charge is -2.32. The van der Waals surface area contributed by atoms with Crippen LogP contribution in [0.3, 0.4) is 0 Å². The van der Waals surface area contributed by atoms with Gasteiger partial charge in [0.25, 0.3) is 0 Å². The Morgan fingerprint density at radius 1 is 0.909 bits per heavy atom. The zero-order valence-electron chi connectivity index (χ0n) is 13.2. The van der Waals surface area contributed by atoms with E-state index in [1.54, 1.807) is 12.4 Å². The SMILES string of the molecule is CC1(C)OB(c2ccc3oc4cnccc4c3c2)OC1(C)C. The molecule has 1 aliphatic rings. The highest BCUT2D eigenvalue weighted by Gasteiger charge is 2.51. The van der Waals surface area contributed by atoms with E-state index in [9.17, 15) is 0 Å². The number of furan rings is 1. The van der Waals surface area contributed by atoms with Crippen LogP contribution in [-0.2, 0) is 9.31 Å². The maximum atomic E-state index is 6.12. The minimum absolute atomic E-state index is 0.338. The Balaban J connectivity index is 1.82. The maximum absolute atomic E-state index is 6.12.